The van der Waals surface area contributed by atoms with Crippen LogP contribution >= 0.6 is 0 Å². The van der Waals surface area contributed by atoms with Gasteiger partial charge in [0.1, 0.15) is 5.82 Å². The molecule has 1 aromatic heterocycles. The van der Waals surface area contributed by atoms with Crippen molar-refractivity contribution in [1.29, 1.82) is 5.26 Å². The van der Waals surface area contributed by atoms with Crippen molar-refractivity contribution in [3.05, 3.63) is 42.5 Å². The summed E-state index contributed by atoms with van der Waals surface area (Å²) in [5.41, 5.74) is 7.25. The van der Waals surface area contributed by atoms with Crippen molar-refractivity contribution >= 4 is 17.2 Å². The maximum Gasteiger partial charge on any atom is 0.238 e. The zero-order chi connectivity index (χ0) is 14.4. The fourth-order valence-corrected chi connectivity index (χ4v) is 1.90. The van der Waals surface area contributed by atoms with Gasteiger partial charge in [-0.3, -0.25) is 0 Å². The number of rotatable bonds is 5. The Balaban J connectivity index is 2.39. The third kappa shape index (κ3) is 2.98. The van der Waals surface area contributed by atoms with E-state index in [1.807, 2.05) is 41.3 Å². The molecule has 0 aliphatic rings. The molecule has 0 bridgehead atoms. The Morgan fingerprint density at radius 3 is 2.65 bits per heavy atom. The summed E-state index contributed by atoms with van der Waals surface area (Å²) in [7, 11) is 1.53. The summed E-state index contributed by atoms with van der Waals surface area (Å²) < 4.78 is 5.15. The number of pyridine rings is 1. The highest BCUT2D eigenvalue weighted by Gasteiger charge is 2.12. The number of nitrogens with two attached hydrogens (primary N) is 1. The quantitative estimate of drug-likeness (QED) is 0.902. The molecule has 0 amide bonds. The molecule has 0 saturated heterocycles. The van der Waals surface area contributed by atoms with Crippen molar-refractivity contribution in [1.82, 2.24) is 4.98 Å². The van der Waals surface area contributed by atoms with Crippen LogP contribution in [0.1, 0.15) is 6.42 Å². The molecule has 0 atom stereocenters. The topological polar surface area (TPSA) is 75.2 Å². The van der Waals surface area contributed by atoms with E-state index in [1.165, 1.54) is 7.11 Å². The number of hydrogen-bond acceptors (Lipinski definition) is 5. The maximum absolute atomic E-state index is 8.81. The number of hydrogen-bond donors (Lipinski definition) is 1. The van der Waals surface area contributed by atoms with Crippen LogP contribution in [0.3, 0.4) is 0 Å². The Bertz CT molecular complexity index is 607. The van der Waals surface area contributed by atoms with Gasteiger partial charge in [0.05, 0.1) is 25.3 Å². The van der Waals surface area contributed by atoms with Crippen LogP contribution in [0.2, 0.25) is 0 Å². The summed E-state index contributed by atoms with van der Waals surface area (Å²) >= 11 is 0. The maximum atomic E-state index is 8.81. The van der Waals surface area contributed by atoms with Crippen LogP contribution < -0.4 is 15.4 Å². The number of benzene rings is 1. The van der Waals surface area contributed by atoms with Crippen LogP contribution in [-0.2, 0) is 0 Å². The number of ether oxygens (including phenoxy) is 1. The number of anilines is 3. The van der Waals surface area contributed by atoms with E-state index in [0.717, 1.165) is 5.69 Å². The van der Waals surface area contributed by atoms with Gasteiger partial charge in [0, 0.05) is 12.2 Å². The lowest BCUT2D eigenvalue weighted by Crippen LogP contribution is -2.19. The van der Waals surface area contributed by atoms with Crippen LogP contribution in [0.25, 0.3) is 0 Å². The van der Waals surface area contributed by atoms with Gasteiger partial charge in [0.2, 0.25) is 5.88 Å². The highest BCUT2D eigenvalue weighted by Crippen LogP contribution is 2.28. The first-order valence-electron chi connectivity index (χ1n) is 6.26. The van der Waals surface area contributed by atoms with Gasteiger partial charge in [-0.15, -0.1) is 0 Å². The molecule has 1 heterocycles. The molecule has 2 rings (SSSR count). The molecule has 0 aliphatic heterocycles. The zero-order valence-corrected chi connectivity index (χ0v) is 11.3. The molecule has 1 aromatic carbocycles. The summed E-state index contributed by atoms with van der Waals surface area (Å²) in [6, 6.07) is 15.5. The average Bonchev–Trinajstić information content (AvgIpc) is 2.50. The summed E-state index contributed by atoms with van der Waals surface area (Å²) in [5.74, 6) is 1.10. The Kier molecular flexibility index (Phi) is 4.40. The standard InChI is InChI=1S/C15H16N4O/c1-20-15-13(17)8-9-14(18-15)19(11-5-10-16)12-6-3-2-4-7-12/h2-4,6-9H,5,11,17H2,1H3. The van der Waals surface area contributed by atoms with Gasteiger partial charge in [-0.1, -0.05) is 18.2 Å². The van der Waals surface area contributed by atoms with Gasteiger partial charge in [-0.2, -0.15) is 10.2 Å². The monoisotopic (exact) mass is 268 g/mol. The molecule has 20 heavy (non-hydrogen) atoms. The van der Waals surface area contributed by atoms with Crippen LogP contribution in [0.4, 0.5) is 17.2 Å². The summed E-state index contributed by atoms with van der Waals surface area (Å²) in [4.78, 5) is 6.35. The number of methoxy groups -OCH3 is 1. The minimum Gasteiger partial charge on any atom is -0.479 e. The number of nitrogens with zero attached hydrogens (tertiary/aromatic N) is 3. The largest absolute Gasteiger partial charge is 0.479 e. The average molecular weight is 268 g/mol. The molecule has 0 saturated carbocycles. The van der Waals surface area contributed by atoms with Gasteiger partial charge in [0.15, 0.2) is 0 Å². The Morgan fingerprint density at radius 2 is 2.00 bits per heavy atom. The van der Waals surface area contributed by atoms with Crippen molar-refractivity contribution in [2.75, 3.05) is 24.3 Å². The SMILES string of the molecule is COc1nc(N(CCC#N)c2ccccc2)ccc1N. The molecule has 102 valence electrons. The van der Waals surface area contributed by atoms with Gasteiger partial charge in [-0.25, -0.2) is 0 Å². The van der Waals surface area contributed by atoms with Crippen molar-refractivity contribution in [3.8, 4) is 11.9 Å². The second-order valence-electron chi connectivity index (χ2n) is 4.16. The van der Waals surface area contributed by atoms with Gasteiger partial charge < -0.3 is 15.4 Å². The predicted octanol–water partition coefficient (Wildman–Crippen LogP) is 2.72. The first-order chi connectivity index (χ1) is 9.76. The normalized spacial score (nSPS) is 9.80. The second-order valence-corrected chi connectivity index (χ2v) is 4.16. The first-order valence-corrected chi connectivity index (χ1v) is 6.26. The van der Waals surface area contributed by atoms with E-state index >= 15 is 0 Å². The van der Waals surface area contributed by atoms with Crippen molar-refractivity contribution in [3.63, 3.8) is 0 Å². The van der Waals surface area contributed by atoms with E-state index in [2.05, 4.69) is 11.1 Å². The predicted molar refractivity (Wildman–Crippen MR) is 78.9 cm³/mol. The van der Waals surface area contributed by atoms with Gasteiger partial charge in [0.25, 0.3) is 0 Å². The molecular formula is C15H16N4O. The van der Waals surface area contributed by atoms with E-state index in [9.17, 15) is 0 Å². The minimum atomic E-state index is 0.389. The Labute approximate surface area is 118 Å². The molecule has 2 aromatic rings. The molecule has 2 N–H and O–H groups in total. The van der Waals surface area contributed by atoms with E-state index < -0.39 is 0 Å². The van der Waals surface area contributed by atoms with Crippen LogP contribution in [-0.4, -0.2) is 18.6 Å². The van der Waals surface area contributed by atoms with Gasteiger partial charge >= 0.3 is 0 Å². The third-order valence-electron chi connectivity index (χ3n) is 2.86. The molecule has 5 nitrogen and oxygen atoms in total. The van der Waals surface area contributed by atoms with Crippen LogP contribution in [0.15, 0.2) is 42.5 Å². The Morgan fingerprint density at radius 1 is 1.25 bits per heavy atom. The van der Waals surface area contributed by atoms with Crippen molar-refractivity contribution < 1.29 is 4.74 Å². The highest BCUT2D eigenvalue weighted by molar-refractivity contribution is 5.63. The van der Waals surface area contributed by atoms with E-state index in [0.29, 0.717) is 30.4 Å². The van der Waals surface area contributed by atoms with E-state index in [4.69, 9.17) is 15.7 Å². The van der Waals surface area contributed by atoms with Gasteiger partial charge in [-0.05, 0) is 24.3 Å². The number of nitriles is 1. The molecule has 0 aliphatic carbocycles. The van der Waals surface area contributed by atoms with E-state index in [-0.39, 0.29) is 0 Å². The molecule has 5 heteroatoms. The Hall–Kier alpha value is -2.74. The molecule has 0 fully saturated rings. The fourth-order valence-electron chi connectivity index (χ4n) is 1.90. The van der Waals surface area contributed by atoms with Crippen LogP contribution in [0, 0.1) is 11.3 Å². The second kappa shape index (κ2) is 6.43. The smallest absolute Gasteiger partial charge is 0.238 e. The summed E-state index contributed by atoms with van der Waals surface area (Å²) in [6.45, 7) is 0.556. The number of nitrogen functional groups attached to an aromatic ring is 1. The third-order valence-corrected chi connectivity index (χ3v) is 2.86. The highest BCUT2D eigenvalue weighted by atomic mass is 16.5. The zero-order valence-electron chi connectivity index (χ0n) is 11.3. The summed E-state index contributed by atoms with van der Waals surface area (Å²) in [6.07, 6.45) is 0.406. The lowest BCUT2D eigenvalue weighted by molar-refractivity contribution is 0.400. The lowest BCUT2D eigenvalue weighted by atomic mass is 10.2. The number of para-hydroxylation sites is 1. The van der Waals surface area contributed by atoms with E-state index in [1.54, 1.807) is 6.07 Å². The van der Waals surface area contributed by atoms with Crippen molar-refractivity contribution in [2.24, 2.45) is 0 Å². The lowest BCUT2D eigenvalue weighted by Gasteiger charge is -2.23. The molecule has 0 radical (unpaired) electrons. The molecular weight excluding hydrogens is 252 g/mol. The summed E-state index contributed by atoms with van der Waals surface area (Å²) in [5, 5.41) is 8.81. The van der Waals surface area contributed by atoms with Crippen molar-refractivity contribution in [2.45, 2.75) is 6.42 Å². The number of aromatic nitrogens is 1. The fraction of sp³-hybridized carbons (Fsp3) is 0.200. The first kappa shape index (κ1) is 13.7. The van der Waals surface area contributed by atoms with Crippen LogP contribution in [0.5, 0.6) is 5.88 Å². The molecule has 0 spiro atoms. The minimum absolute atomic E-state index is 0.389. The molecule has 0 unspecified atom stereocenters.